The number of methoxy groups -OCH3 is 1. The van der Waals surface area contributed by atoms with E-state index in [9.17, 15) is 4.79 Å². The third kappa shape index (κ3) is 2.17. The van der Waals surface area contributed by atoms with Crippen molar-refractivity contribution in [2.75, 3.05) is 19.0 Å². The van der Waals surface area contributed by atoms with Gasteiger partial charge in [0.1, 0.15) is 6.61 Å². The van der Waals surface area contributed by atoms with E-state index in [1.807, 2.05) is 25.3 Å². The van der Waals surface area contributed by atoms with Gasteiger partial charge in [0.05, 0.1) is 0 Å². The minimum absolute atomic E-state index is 0.00538. The van der Waals surface area contributed by atoms with E-state index in [0.29, 0.717) is 5.65 Å². The number of aromatic nitrogens is 3. The number of aryl methyl sites for hydroxylation is 1. The molecule has 0 bridgehead atoms. The molecule has 2 aromatic rings. The molecule has 16 heavy (non-hydrogen) atoms. The fourth-order valence-corrected chi connectivity index (χ4v) is 1.33. The summed E-state index contributed by atoms with van der Waals surface area (Å²) >= 11 is 0. The zero-order valence-electron chi connectivity index (χ0n) is 9.10. The van der Waals surface area contributed by atoms with Gasteiger partial charge in [0.25, 0.3) is 5.91 Å². The number of ether oxygens (including phenoxy) is 1. The Morgan fingerprint density at radius 1 is 1.56 bits per heavy atom. The molecule has 0 aliphatic rings. The number of nitrogens with one attached hydrogen (secondary N) is 1. The van der Waals surface area contributed by atoms with E-state index >= 15 is 0 Å². The highest BCUT2D eigenvalue weighted by molar-refractivity contribution is 5.90. The number of fused-ring (bicyclic) bond motifs is 1. The van der Waals surface area contributed by atoms with Crippen molar-refractivity contribution in [1.82, 2.24) is 14.6 Å². The SMILES string of the molecule is COCC(=O)Nc1nc2ccc(C)cn2n1. The molecule has 0 saturated carbocycles. The van der Waals surface area contributed by atoms with Crippen molar-refractivity contribution in [3.05, 3.63) is 23.9 Å². The number of amides is 1. The first-order chi connectivity index (χ1) is 7.69. The van der Waals surface area contributed by atoms with Crippen LogP contribution < -0.4 is 5.32 Å². The Bertz CT molecular complexity index is 521. The molecular formula is C10H12N4O2. The lowest BCUT2D eigenvalue weighted by Crippen LogP contribution is -2.17. The fourth-order valence-electron chi connectivity index (χ4n) is 1.33. The minimum Gasteiger partial charge on any atom is -0.375 e. The summed E-state index contributed by atoms with van der Waals surface area (Å²) in [6.07, 6.45) is 1.84. The van der Waals surface area contributed by atoms with Crippen LogP contribution in [0.3, 0.4) is 0 Å². The van der Waals surface area contributed by atoms with Crippen molar-refractivity contribution in [3.8, 4) is 0 Å². The predicted octanol–water partition coefficient (Wildman–Crippen LogP) is 0.623. The van der Waals surface area contributed by atoms with Gasteiger partial charge in [0.15, 0.2) is 5.65 Å². The Hall–Kier alpha value is -1.95. The summed E-state index contributed by atoms with van der Waals surface area (Å²) in [4.78, 5) is 15.4. The number of nitrogens with zero attached hydrogens (tertiary/aromatic N) is 3. The second kappa shape index (κ2) is 4.28. The van der Waals surface area contributed by atoms with Crippen molar-refractivity contribution in [2.24, 2.45) is 0 Å². The van der Waals surface area contributed by atoms with E-state index in [4.69, 9.17) is 4.74 Å². The van der Waals surface area contributed by atoms with Crippen LogP contribution in [0.1, 0.15) is 5.56 Å². The predicted molar refractivity (Wildman–Crippen MR) is 58.2 cm³/mol. The lowest BCUT2D eigenvalue weighted by atomic mass is 10.3. The molecule has 0 unspecified atom stereocenters. The van der Waals surface area contributed by atoms with E-state index in [0.717, 1.165) is 5.56 Å². The van der Waals surface area contributed by atoms with E-state index in [1.165, 1.54) is 7.11 Å². The number of pyridine rings is 1. The second-order valence-corrected chi connectivity index (χ2v) is 3.43. The van der Waals surface area contributed by atoms with E-state index in [2.05, 4.69) is 15.4 Å². The van der Waals surface area contributed by atoms with Crippen molar-refractivity contribution in [3.63, 3.8) is 0 Å². The quantitative estimate of drug-likeness (QED) is 0.823. The molecule has 0 atom stereocenters. The van der Waals surface area contributed by atoms with Crippen LogP contribution in [0, 0.1) is 6.92 Å². The summed E-state index contributed by atoms with van der Waals surface area (Å²) in [6.45, 7) is 1.96. The standard InChI is InChI=1S/C10H12N4O2/c1-7-3-4-8-11-10(13-14(8)5-7)12-9(15)6-16-2/h3-5H,6H2,1-2H3,(H,12,13,15). The molecule has 6 nitrogen and oxygen atoms in total. The maximum Gasteiger partial charge on any atom is 0.252 e. The maximum atomic E-state index is 11.2. The van der Waals surface area contributed by atoms with Crippen LogP contribution in [0.5, 0.6) is 0 Å². The average molecular weight is 220 g/mol. The Balaban J connectivity index is 2.23. The van der Waals surface area contributed by atoms with Gasteiger partial charge in [-0.2, -0.15) is 4.98 Å². The first-order valence-corrected chi connectivity index (χ1v) is 4.81. The number of carbonyl (C=O) groups is 1. The second-order valence-electron chi connectivity index (χ2n) is 3.43. The highest BCUT2D eigenvalue weighted by Gasteiger charge is 2.07. The lowest BCUT2D eigenvalue weighted by Gasteiger charge is -1.97. The molecule has 0 aliphatic heterocycles. The number of hydrogen-bond donors (Lipinski definition) is 1. The average Bonchev–Trinajstić information content (AvgIpc) is 2.59. The first-order valence-electron chi connectivity index (χ1n) is 4.81. The lowest BCUT2D eigenvalue weighted by molar-refractivity contribution is -0.119. The van der Waals surface area contributed by atoms with Crippen LogP contribution >= 0.6 is 0 Å². The molecule has 2 heterocycles. The third-order valence-electron chi connectivity index (χ3n) is 2.01. The Morgan fingerprint density at radius 2 is 2.38 bits per heavy atom. The molecule has 0 fully saturated rings. The monoisotopic (exact) mass is 220 g/mol. The fraction of sp³-hybridized carbons (Fsp3) is 0.300. The van der Waals surface area contributed by atoms with Crippen molar-refractivity contribution in [1.29, 1.82) is 0 Å². The summed E-state index contributed by atoms with van der Waals surface area (Å²) in [5.41, 5.74) is 1.77. The molecule has 0 saturated heterocycles. The number of carbonyl (C=O) groups excluding carboxylic acids is 1. The zero-order chi connectivity index (χ0) is 11.5. The van der Waals surface area contributed by atoms with E-state index in [1.54, 1.807) is 4.52 Å². The van der Waals surface area contributed by atoms with Gasteiger partial charge >= 0.3 is 0 Å². The Kier molecular flexibility index (Phi) is 2.82. The molecule has 0 radical (unpaired) electrons. The molecular weight excluding hydrogens is 208 g/mol. The molecule has 2 aromatic heterocycles. The maximum absolute atomic E-state index is 11.2. The van der Waals surface area contributed by atoms with Crippen molar-refractivity contribution in [2.45, 2.75) is 6.92 Å². The van der Waals surface area contributed by atoms with Crippen molar-refractivity contribution < 1.29 is 9.53 Å². The normalized spacial score (nSPS) is 10.6. The topological polar surface area (TPSA) is 68.5 Å². The summed E-state index contributed by atoms with van der Waals surface area (Å²) in [5, 5.41) is 6.66. The van der Waals surface area contributed by atoms with Crippen LogP contribution in [0.4, 0.5) is 5.95 Å². The summed E-state index contributed by atoms with van der Waals surface area (Å²) < 4.78 is 6.32. The van der Waals surface area contributed by atoms with Gasteiger partial charge < -0.3 is 4.74 Å². The minimum atomic E-state index is -0.268. The summed E-state index contributed by atoms with van der Waals surface area (Å²) in [5.74, 6) is 0.0165. The van der Waals surface area contributed by atoms with Crippen LogP contribution in [-0.2, 0) is 9.53 Å². The van der Waals surface area contributed by atoms with Crippen LogP contribution in [-0.4, -0.2) is 34.2 Å². The largest absolute Gasteiger partial charge is 0.375 e. The molecule has 1 amide bonds. The molecule has 2 rings (SSSR count). The molecule has 0 aliphatic carbocycles. The smallest absolute Gasteiger partial charge is 0.252 e. The molecule has 1 N–H and O–H groups in total. The Morgan fingerprint density at radius 3 is 3.12 bits per heavy atom. The molecule has 6 heteroatoms. The van der Waals surface area contributed by atoms with Gasteiger partial charge in [-0.25, -0.2) is 4.52 Å². The van der Waals surface area contributed by atoms with Gasteiger partial charge in [-0.05, 0) is 18.6 Å². The number of hydrogen-bond acceptors (Lipinski definition) is 4. The van der Waals surface area contributed by atoms with Gasteiger partial charge in [0.2, 0.25) is 5.95 Å². The Labute approximate surface area is 92.2 Å². The molecule has 0 spiro atoms. The van der Waals surface area contributed by atoms with Crippen LogP contribution in [0.2, 0.25) is 0 Å². The van der Waals surface area contributed by atoms with Crippen LogP contribution in [0.25, 0.3) is 5.65 Å². The van der Waals surface area contributed by atoms with Gasteiger partial charge in [-0.1, -0.05) is 6.07 Å². The zero-order valence-corrected chi connectivity index (χ0v) is 9.10. The number of anilines is 1. The van der Waals surface area contributed by atoms with Crippen LogP contribution in [0.15, 0.2) is 18.3 Å². The third-order valence-corrected chi connectivity index (χ3v) is 2.01. The first kappa shape index (κ1) is 10.6. The van der Waals surface area contributed by atoms with E-state index in [-0.39, 0.29) is 18.5 Å². The van der Waals surface area contributed by atoms with Gasteiger partial charge in [-0.3, -0.25) is 10.1 Å². The van der Waals surface area contributed by atoms with Crippen molar-refractivity contribution >= 4 is 17.5 Å². The van der Waals surface area contributed by atoms with E-state index < -0.39 is 0 Å². The van der Waals surface area contributed by atoms with Gasteiger partial charge in [-0.15, -0.1) is 5.10 Å². The highest BCUT2D eigenvalue weighted by atomic mass is 16.5. The van der Waals surface area contributed by atoms with Gasteiger partial charge in [0, 0.05) is 13.3 Å². The highest BCUT2D eigenvalue weighted by Crippen LogP contribution is 2.06. The summed E-state index contributed by atoms with van der Waals surface area (Å²) in [6, 6.07) is 3.78. The molecule has 0 aromatic carbocycles. The summed E-state index contributed by atoms with van der Waals surface area (Å²) in [7, 11) is 1.46. The number of rotatable bonds is 3. The molecule has 84 valence electrons.